The zero-order chi connectivity index (χ0) is 15.9. The van der Waals surface area contributed by atoms with E-state index in [0.717, 1.165) is 29.7 Å². The Hall–Kier alpha value is -2.13. The Bertz CT molecular complexity index is 608. The van der Waals surface area contributed by atoms with Gasteiger partial charge in [0, 0.05) is 0 Å². The Morgan fingerprint density at radius 2 is 1.68 bits per heavy atom. The minimum absolute atomic E-state index is 0.462. The fourth-order valence-corrected chi connectivity index (χ4v) is 2.71. The molecule has 0 fully saturated rings. The summed E-state index contributed by atoms with van der Waals surface area (Å²) >= 11 is 0. The topological polar surface area (TPSA) is 40.5 Å². The Kier molecular flexibility index (Phi) is 5.73. The monoisotopic (exact) mass is 297 g/mol. The van der Waals surface area contributed by atoms with Crippen LogP contribution >= 0.6 is 0 Å². The standard InChI is InChI=1S/C19H23NO2/c1-20(2)14-8-13-18(19(21)22)17-12-7-6-11-16(17)15-9-4-3-5-10-15/h3-7,9-12,18H,8,13-14H2,1-2H3,(H,21,22). The van der Waals surface area contributed by atoms with Crippen LogP contribution in [0.1, 0.15) is 24.3 Å². The van der Waals surface area contributed by atoms with Crippen LogP contribution in [0.3, 0.4) is 0 Å². The first kappa shape index (κ1) is 16.2. The largest absolute Gasteiger partial charge is 0.481 e. The number of hydrogen-bond donors (Lipinski definition) is 1. The van der Waals surface area contributed by atoms with Gasteiger partial charge in [-0.3, -0.25) is 4.79 Å². The van der Waals surface area contributed by atoms with Crippen LogP contribution in [0.25, 0.3) is 11.1 Å². The van der Waals surface area contributed by atoms with Gasteiger partial charge in [-0.15, -0.1) is 0 Å². The number of hydrogen-bond acceptors (Lipinski definition) is 2. The molecule has 2 rings (SSSR count). The molecule has 3 nitrogen and oxygen atoms in total. The first-order chi connectivity index (χ1) is 10.6. The van der Waals surface area contributed by atoms with Crippen LogP contribution in [-0.2, 0) is 4.79 Å². The van der Waals surface area contributed by atoms with Crippen molar-refractivity contribution in [3.05, 3.63) is 60.2 Å². The lowest BCUT2D eigenvalue weighted by atomic mass is 9.87. The van der Waals surface area contributed by atoms with Gasteiger partial charge in [0.15, 0.2) is 0 Å². The summed E-state index contributed by atoms with van der Waals surface area (Å²) in [7, 11) is 4.02. The SMILES string of the molecule is CN(C)CCCC(C(=O)O)c1ccccc1-c1ccccc1. The number of benzene rings is 2. The highest BCUT2D eigenvalue weighted by Crippen LogP contribution is 2.32. The van der Waals surface area contributed by atoms with Gasteiger partial charge in [0.25, 0.3) is 0 Å². The van der Waals surface area contributed by atoms with Crippen LogP contribution in [0.4, 0.5) is 0 Å². The average Bonchev–Trinajstić information content (AvgIpc) is 2.52. The molecule has 1 atom stereocenters. The summed E-state index contributed by atoms with van der Waals surface area (Å²) in [5.74, 6) is -1.21. The second-order valence-electron chi connectivity index (χ2n) is 5.79. The molecular formula is C19H23NO2. The van der Waals surface area contributed by atoms with Crippen molar-refractivity contribution < 1.29 is 9.90 Å². The summed E-state index contributed by atoms with van der Waals surface area (Å²) in [6, 6.07) is 17.8. The van der Waals surface area contributed by atoms with Crippen LogP contribution in [0.5, 0.6) is 0 Å². The molecule has 0 amide bonds. The highest BCUT2D eigenvalue weighted by molar-refractivity contribution is 5.81. The number of rotatable bonds is 7. The van der Waals surface area contributed by atoms with Gasteiger partial charge in [0.05, 0.1) is 5.92 Å². The number of aliphatic carboxylic acids is 1. The van der Waals surface area contributed by atoms with E-state index < -0.39 is 11.9 Å². The fraction of sp³-hybridized carbons (Fsp3) is 0.316. The van der Waals surface area contributed by atoms with Gasteiger partial charge < -0.3 is 10.0 Å². The first-order valence-electron chi connectivity index (χ1n) is 7.61. The normalized spacial score (nSPS) is 12.3. The van der Waals surface area contributed by atoms with E-state index in [1.165, 1.54) is 0 Å². The Morgan fingerprint density at radius 1 is 1.05 bits per heavy atom. The highest BCUT2D eigenvalue weighted by Gasteiger charge is 2.22. The Labute approximate surface area is 132 Å². The van der Waals surface area contributed by atoms with Gasteiger partial charge in [0.2, 0.25) is 0 Å². The van der Waals surface area contributed by atoms with E-state index in [0.29, 0.717) is 6.42 Å². The molecule has 0 bridgehead atoms. The molecule has 0 aliphatic rings. The molecule has 1 N–H and O–H groups in total. The van der Waals surface area contributed by atoms with E-state index in [4.69, 9.17) is 0 Å². The molecule has 0 aromatic heterocycles. The lowest BCUT2D eigenvalue weighted by Crippen LogP contribution is -2.17. The summed E-state index contributed by atoms with van der Waals surface area (Å²) in [6.45, 7) is 0.900. The third-order valence-electron chi connectivity index (χ3n) is 3.82. The molecule has 116 valence electrons. The highest BCUT2D eigenvalue weighted by atomic mass is 16.4. The van der Waals surface area contributed by atoms with Gasteiger partial charge in [-0.2, -0.15) is 0 Å². The molecule has 2 aromatic carbocycles. The molecule has 0 saturated carbocycles. The summed E-state index contributed by atoms with van der Waals surface area (Å²) in [5, 5.41) is 9.65. The number of carbonyl (C=O) groups is 1. The van der Waals surface area contributed by atoms with Crippen molar-refractivity contribution in [3.8, 4) is 11.1 Å². The van der Waals surface area contributed by atoms with E-state index in [2.05, 4.69) is 4.90 Å². The number of carboxylic acid groups (broad SMARTS) is 1. The summed E-state index contributed by atoms with van der Waals surface area (Å²) in [6.07, 6.45) is 1.52. The van der Waals surface area contributed by atoms with Crippen molar-refractivity contribution in [3.63, 3.8) is 0 Å². The minimum Gasteiger partial charge on any atom is -0.481 e. The molecule has 0 saturated heterocycles. The van der Waals surface area contributed by atoms with Gasteiger partial charge in [-0.25, -0.2) is 0 Å². The Morgan fingerprint density at radius 3 is 2.32 bits per heavy atom. The van der Waals surface area contributed by atoms with Gasteiger partial charge in [0.1, 0.15) is 0 Å². The molecule has 3 heteroatoms. The summed E-state index contributed by atoms with van der Waals surface area (Å²) in [5.41, 5.74) is 2.98. The number of carboxylic acids is 1. The first-order valence-corrected chi connectivity index (χ1v) is 7.61. The van der Waals surface area contributed by atoms with Crippen molar-refractivity contribution in [1.29, 1.82) is 0 Å². The van der Waals surface area contributed by atoms with E-state index >= 15 is 0 Å². The van der Waals surface area contributed by atoms with Crippen LogP contribution in [0.2, 0.25) is 0 Å². The van der Waals surface area contributed by atoms with Gasteiger partial charge in [-0.1, -0.05) is 54.6 Å². The summed E-state index contributed by atoms with van der Waals surface area (Å²) < 4.78 is 0. The predicted molar refractivity (Wildman–Crippen MR) is 90.0 cm³/mol. The maximum absolute atomic E-state index is 11.7. The number of nitrogens with zero attached hydrogens (tertiary/aromatic N) is 1. The Balaban J connectivity index is 2.30. The van der Waals surface area contributed by atoms with Crippen LogP contribution in [0.15, 0.2) is 54.6 Å². The molecule has 0 aliphatic heterocycles. The van der Waals surface area contributed by atoms with Crippen molar-refractivity contribution in [2.75, 3.05) is 20.6 Å². The molecule has 1 unspecified atom stereocenters. The van der Waals surface area contributed by atoms with E-state index in [1.54, 1.807) is 0 Å². The quantitative estimate of drug-likeness (QED) is 0.843. The van der Waals surface area contributed by atoms with Crippen LogP contribution in [-0.4, -0.2) is 36.6 Å². The lowest BCUT2D eigenvalue weighted by Gasteiger charge is -2.18. The molecule has 2 aromatic rings. The van der Waals surface area contributed by atoms with E-state index in [1.807, 2.05) is 68.7 Å². The molecule has 0 aliphatic carbocycles. The second kappa shape index (κ2) is 7.76. The lowest BCUT2D eigenvalue weighted by molar-refractivity contribution is -0.139. The zero-order valence-corrected chi connectivity index (χ0v) is 13.2. The molecular weight excluding hydrogens is 274 g/mol. The third-order valence-corrected chi connectivity index (χ3v) is 3.82. The molecule has 0 heterocycles. The van der Waals surface area contributed by atoms with Crippen molar-refractivity contribution in [2.45, 2.75) is 18.8 Å². The second-order valence-corrected chi connectivity index (χ2v) is 5.79. The molecule has 22 heavy (non-hydrogen) atoms. The maximum Gasteiger partial charge on any atom is 0.310 e. The van der Waals surface area contributed by atoms with Gasteiger partial charge in [-0.05, 0) is 50.2 Å². The van der Waals surface area contributed by atoms with E-state index in [-0.39, 0.29) is 0 Å². The minimum atomic E-state index is -0.748. The smallest absolute Gasteiger partial charge is 0.310 e. The van der Waals surface area contributed by atoms with Crippen molar-refractivity contribution in [2.24, 2.45) is 0 Å². The molecule has 0 radical (unpaired) electrons. The summed E-state index contributed by atoms with van der Waals surface area (Å²) in [4.78, 5) is 13.8. The maximum atomic E-state index is 11.7. The third kappa shape index (κ3) is 4.18. The van der Waals surface area contributed by atoms with Crippen LogP contribution < -0.4 is 0 Å². The van der Waals surface area contributed by atoms with E-state index in [9.17, 15) is 9.90 Å². The van der Waals surface area contributed by atoms with Crippen molar-refractivity contribution in [1.82, 2.24) is 4.90 Å². The van der Waals surface area contributed by atoms with Crippen LogP contribution in [0, 0.1) is 0 Å². The molecule has 0 spiro atoms. The van der Waals surface area contributed by atoms with Crippen molar-refractivity contribution >= 4 is 5.97 Å². The fourth-order valence-electron chi connectivity index (χ4n) is 2.71. The zero-order valence-electron chi connectivity index (χ0n) is 13.2. The van der Waals surface area contributed by atoms with Gasteiger partial charge >= 0.3 is 5.97 Å². The average molecular weight is 297 g/mol. The predicted octanol–water partition coefficient (Wildman–Crippen LogP) is 3.86.